The van der Waals surface area contributed by atoms with Gasteiger partial charge in [-0.2, -0.15) is 11.8 Å². The van der Waals surface area contributed by atoms with Crippen LogP contribution in [0.4, 0.5) is 0 Å². The van der Waals surface area contributed by atoms with Gasteiger partial charge < -0.3 is 10.0 Å². The first-order valence-corrected chi connectivity index (χ1v) is 6.87. The number of carboxylic acids is 1. The van der Waals surface area contributed by atoms with E-state index in [0.29, 0.717) is 18.3 Å². The second-order valence-electron chi connectivity index (χ2n) is 4.28. The molecule has 0 aromatic heterocycles. The number of amides is 1. The summed E-state index contributed by atoms with van der Waals surface area (Å²) in [6.07, 6.45) is 0. The molecule has 1 aliphatic rings. The minimum Gasteiger partial charge on any atom is -0.478 e. The van der Waals surface area contributed by atoms with Crippen molar-refractivity contribution < 1.29 is 14.7 Å². The van der Waals surface area contributed by atoms with Crippen LogP contribution in [0.25, 0.3) is 0 Å². The Hall–Kier alpha value is -1.49. The predicted molar refractivity (Wildman–Crippen MR) is 71.2 cm³/mol. The number of carbonyl (C=O) groups is 2. The maximum Gasteiger partial charge on any atom is 0.336 e. The van der Waals surface area contributed by atoms with E-state index >= 15 is 0 Å². The van der Waals surface area contributed by atoms with E-state index in [9.17, 15) is 9.59 Å². The fourth-order valence-electron chi connectivity index (χ4n) is 2.03. The van der Waals surface area contributed by atoms with E-state index in [2.05, 4.69) is 6.92 Å². The van der Waals surface area contributed by atoms with Crippen LogP contribution in [-0.4, -0.2) is 46.0 Å². The lowest BCUT2D eigenvalue weighted by molar-refractivity contribution is 0.0676. The Kier molecular flexibility index (Phi) is 3.91. The van der Waals surface area contributed by atoms with E-state index in [1.54, 1.807) is 23.1 Å². The van der Waals surface area contributed by atoms with Gasteiger partial charge in [0.15, 0.2) is 0 Å². The lowest BCUT2D eigenvalue weighted by Gasteiger charge is -2.30. The van der Waals surface area contributed by atoms with Crippen molar-refractivity contribution in [1.29, 1.82) is 0 Å². The fourth-order valence-corrected chi connectivity index (χ4v) is 3.04. The summed E-state index contributed by atoms with van der Waals surface area (Å²) in [6, 6.07) is 6.38. The predicted octanol–water partition coefficient (Wildman–Crippen LogP) is 1.96. The van der Waals surface area contributed by atoms with Gasteiger partial charge in [0, 0.05) is 24.1 Å². The number of aromatic carboxylic acids is 1. The monoisotopic (exact) mass is 265 g/mol. The molecule has 0 saturated carbocycles. The number of hydrogen-bond acceptors (Lipinski definition) is 3. The first-order valence-electron chi connectivity index (χ1n) is 5.83. The third-order valence-electron chi connectivity index (χ3n) is 2.92. The number of thioether (sulfide) groups is 1. The quantitative estimate of drug-likeness (QED) is 0.888. The van der Waals surface area contributed by atoms with Crippen LogP contribution in [-0.2, 0) is 0 Å². The van der Waals surface area contributed by atoms with Crippen molar-refractivity contribution in [3.63, 3.8) is 0 Å². The zero-order valence-electron chi connectivity index (χ0n) is 10.1. The highest BCUT2D eigenvalue weighted by Gasteiger charge is 2.25. The topological polar surface area (TPSA) is 57.6 Å². The van der Waals surface area contributed by atoms with E-state index in [4.69, 9.17) is 5.11 Å². The van der Waals surface area contributed by atoms with Crippen molar-refractivity contribution in [3.05, 3.63) is 35.4 Å². The Bertz CT molecular complexity index is 475. The van der Waals surface area contributed by atoms with Gasteiger partial charge >= 0.3 is 5.97 Å². The summed E-state index contributed by atoms with van der Waals surface area (Å²) in [5, 5.41) is 9.49. The van der Waals surface area contributed by atoms with Gasteiger partial charge in [-0.05, 0) is 12.1 Å². The average molecular weight is 265 g/mol. The van der Waals surface area contributed by atoms with Crippen molar-refractivity contribution >= 4 is 23.6 Å². The van der Waals surface area contributed by atoms with Gasteiger partial charge in [0.25, 0.3) is 5.91 Å². The zero-order chi connectivity index (χ0) is 13.1. The molecule has 1 N–H and O–H groups in total. The first-order chi connectivity index (χ1) is 8.59. The number of benzene rings is 1. The molecule has 96 valence electrons. The minimum atomic E-state index is -1.06. The number of hydrogen-bond donors (Lipinski definition) is 1. The third-order valence-corrected chi connectivity index (χ3v) is 4.05. The van der Waals surface area contributed by atoms with E-state index < -0.39 is 5.97 Å². The fraction of sp³-hybridized carbons (Fsp3) is 0.385. The molecule has 1 saturated heterocycles. The Morgan fingerprint density at radius 1 is 1.33 bits per heavy atom. The summed E-state index contributed by atoms with van der Waals surface area (Å²) in [6.45, 7) is 3.44. The van der Waals surface area contributed by atoms with Crippen LogP contribution in [0.2, 0.25) is 0 Å². The van der Waals surface area contributed by atoms with Crippen LogP contribution in [0.1, 0.15) is 27.6 Å². The molecule has 4 nitrogen and oxygen atoms in total. The smallest absolute Gasteiger partial charge is 0.336 e. The molecule has 1 aromatic carbocycles. The Morgan fingerprint density at radius 2 is 2.00 bits per heavy atom. The second kappa shape index (κ2) is 5.44. The Balaban J connectivity index is 2.25. The van der Waals surface area contributed by atoms with Crippen molar-refractivity contribution in [2.45, 2.75) is 12.2 Å². The molecule has 0 spiro atoms. The second-order valence-corrected chi connectivity index (χ2v) is 5.83. The van der Waals surface area contributed by atoms with E-state index in [-0.39, 0.29) is 17.0 Å². The van der Waals surface area contributed by atoms with Crippen LogP contribution in [0.15, 0.2) is 24.3 Å². The molecular formula is C13H15NO3S. The number of carboxylic acid groups (broad SMARTS) is 1. The van der Waals surface area contributed by atoms with Crippen LogP contribution >= 0.6 is 11.8 Å². The van der Waals surface area contributed by atoms with Gasteiger partial charge in [0.2, 0.25) is 0 Å². The molecule has 1 fully saturated rings. The third kappa shape index (κ3) is 2.67. The molecule has 1 atom stereocenters. The van der Waals surface area contributed by atoms with E-state index in [1.165, 1.54) is 6.07 Å². The Labute approximate surface area is 110 Å². The van der Waals surface area contributed by atoms with Crippen molar-refractivity contribution in [2.24, 2.45) is 0 Å². The minimum absolute atomic E-state index is 0.0772. The molecule has 1 aliphatic heterocycles. The van der Waals surface area contributed by atoms with Crippen LogP contribution in [0.5, 0.6) is 0 Å². The molecule has 0 aliphatic carbocycles. The molecule has 1 heterocycles. The normalized spacial score (nSPS) is 19.6. The van der Waals surface area contributed by atoms with Gasteiger partial charge in [-0.1, -0.05) is 19.1 Å². The standard InChI is InChI=1S/C13H15NO3S/c1-9-8-14(6-7-18-9)12(15)10-4-2-3-5-11(10)13(16)17/h2-5,9H,6-8H2,1H3,(H,16,17). The van der Waals surface area contributed by atoms with Gasteiger partial charge in [-0.3, -0.25) is 4.79 Å². The average Bonchev–Trinajstić information content (AvgIpc) is 2.38. The zero-order valence-corrected chi connectivity index (χ0v) is 10.9. The molecule has 1 unspecified atom stereocenters. The highest BCUT2D eigenvalue weighted by Crippen LogP contribution is 2.20. The molecule has 0 radical (unpaired) electrons. The maximum atomic E-state index is 12.3. The Morgan fingerprint density at radius 3 is 2.61 bits per heavy atom. The summed E-state index contributed by atoms with van der Waals surface area (Å²) in [7, 11) is 0. The van der Waals surface area contributed by atoms with Crippen LogP contribution in [0.3, 0.4) is 0 Å². The van der Waals surface area contributed by atoms with Crippen molar-refractivity contribution in [1.82, 2.24) is 4.90 Å². The van der Waals surface area contributed by atoms with E-state index in [1.807, 2.05) is 11.8 Å². The van der Waals surface area contributed by atoms with Crippen LogP contribution in [0, 0.1) is 0 Å². The molecular weight excluding hydrogens is 250 g/mol. The molecule has 18 heavy (non-hydrogen) atoms. The van der Waals surface area contributed by atoms with Crippen molar-refractivity contribution in [3.8, 4) is 0 Å². The van der Waals surface area contributed by atoms with Gasteiger partial charge in [0.1, 0.15) is 0 Å². The molecule has 1 amide bonds. The molecule has 2 rings (SSSR count). The van der Waals surface area contributed by atoms with Gasteiger partial charge in [-0.15, -0.1) is 0 Å². The van der Waals surface area contributed by atoms with Gasteiger partial charge in [-0.25, -0.2) is 4.79 Å². The first kappa shape index (κ1) is 13.0. The highest BCUT2D eigenvalue weighted by molar-refractivity contribution is 7.99. The molecule has 1 aromatic rings. The van der Waals surface area contributed by atoms with Crippen LogP contribution < -0.4 is 0 Å². The largest absolute Gasteiger partial charge is 0.478 e. The van der Waals surface area contributed by atoms with Gasteiger partial charge in [0.05, 0.1) is 11.1 Å². The SMILES string of the molecule is CC1CN(C(=O)c2ccccc2C(=O)O)CCS1. The number of carbonyl (C=O) groups excluding carboxylic acids is 1. The molecule has 0 bridgehead atoms. The molecule has 5 heteroatoms. The number of rotatable bonds is 2. The highest BCUT2D eigenvalue weighted by atomic mass is 32.2. The summed E-state index contributed by atoms with van der Waals surface area (Å²) in [5.74, 6) is -0.333. The summed E-state index contributed by atoms with van der Waals surface area (Å²) < 4.78 is 0. The van der Waals surface area contributed by atoms with Crippen molar-refractivity contribution in [2.75, 3.05) is 18.8 Å². The lowest BCUT2D eigenvalue weighted by Crippen LogP contribution is -2.41. The maximum absolute atomic E-state index is 12.3. The van der Waals surface area contributed by atoms with E-state index in [0.717, 1.165) is 5.75 Å². The number of nitrogens with zero attached hydrogens (tertiary/aromatic N) is 1. The summed E-state index contributed by atoms with van der Waals surface area (Å²) in [4.78, 5) is 25.2. The summed E-state index contributed by atoms with van der Waals surface area (Å²) >= 11 is 1.83. The lowest BCUT2D eigenvalue weighted by atomic mass is 10.1. The summed E-state index contributed by atoms with van der Waals surface area (Å²) in [5.41, 5.74) is 0.359.